The molecule has 0 bridgehead atoms. The van der Waals surface area contributed by atoms with Gasteiger partial charge < -0.3 is 4.74 Å². The lowest BCUT2D eigenvalue weighted by molar-refractivity contribution is -0.140. The molecule has 0 saturated carbocycles. The highest BCUT2D eigenvalue weighted by Gasteiger charge is 2.19. The summed E-state index contributed by atoms with van der Waals surface area (Å²) in [6.45, 7) is -0.398. The van der Waals surface area contributed by atoms with E-state index in [1.165, 1.54) is 14.2 Å². The highest BCUT2D eigenvalue weighted by molar-refractivity contribution is 7.87. The first-order chi connectivity index (χ1) is 9.76. The van der Waals surface area contributed by atoms with Gasteiger partial charge in [0.15, 0.2) is 0 Å². The Hall–Kier alpha value is -1.58. The van der Waals surface area contributed by atoms with Gasteiger partial charge in [-0.15, -0.1) is 0 Å². The molecule has 0 aliphatic carbocycles. The summed E-state index contributed by atoms with van der Waals surface area (Å²) in [6.07, 6.45) is -0.0984. The van der Waals surface area contributed by atoms with Gasteiger partial charge in [-0.05, 0) is 6.07 Å². The average Bonchev–Trinajstić information content (AvgIpc) is 2.43. The van der Waals surface area contributed by atoms with Gasteiger partial charge in [-0.1, -0.05) is 6.07 Å². The highest BCUT2D eigenvalue weighted by atomic mass is 32.2. The number of nitrogens with zero attached hydrogens (tertiary/aromatic N) is 1. The zero-order valence-corrected chi connectivity index (χ0v) is 12.4. The van der Waals surface area contributed by atoms with E-state index in [0.29, 0.717) is 6.07 Å². The van der Waals surface area contributed by atoms with Crippen LogP contribution >= 0.6 is 0 Å². The summed E-state index contributed by atoms with van der Waals surface area (Å²) in [5.74, 6) is -2.12. The van der Waals surface area contributed by atoms with E-state index in [0.717, 1.165) is 16.4 Å². The third-order valence-corrected chi connectivity index (χ3v) is 4.24. The van der Waals surface area contributed by atoms with Gasteiger partial charge in [-0.3, -0.25) is 4.79 Å². The second kappa shape index (κ2) is 7.43. The minimum absolute atomic E-state index is 0.0151. The van der Waals surface area contributed by atoms with Crippen molar-refractivity contribution in [3.63, 3.8) is 0 Å². The summed E-state index contributed by atoms with van der Waals surface area (Å²) in [5.41, 5.74) is 0.0151. The summed E-state index contributed by atoms with van der Waals surface area (Å²) in [7, 11) is -1.40. The zero-order chi connectivity index (χ0) is 16.0. The Balaban J connectivity index is 2.61. The van der Waals surface area contributed by atoms with Gasteiger partial charge in [0, 0.05) is 31.8 Å². The van der Waals surface area contributed by atoms with Gasteiger partial charge in [0.05, 0.1) is 13.5 Å². The Kier molecular flexibility index (Phi) is 6.19. The van der Waals surface area contributed by atoms with Crippen molar-refractivity contribution >= 4 is 16.2 Å². The van der Waals surface area contributed by atoms with E-state index in [9.17, 15) is 22.0 Å². The molecule has 0 saturated heterocycles. The molecule has 118 valence electrons. The largest absolute Gasteiger partial charge is 0.469 e. The van der Waals surface area contributed by atoms with Gasteiger partial charge >= 0.3 is 5.97 Å². The fourth-order valence-corrected chi connectivity index (χ4v) is 2.31. The summed E-state index contributed by atoms with van der Waals surface area (Å²) >= 11 is 0. The summed E-state index contributed by atoms with van der Waals surface area (Å²) < 4.78 is 57.3. The van der Waals surface area contributed by atoms with E-state index < -0.39 is 27.8 Å². The van der Waals surface area contributed by atoms with Crippen molar-refractivity contribution in [2.45, 2.75) is 13.0 Å². The summed E-state index contributed by atoms with van der Waals surface area (Å²) in [6, 6.07) is 2.86. The molecule has 21 heavy (non-hydrogen) atoms. The Morgan fingerprint density at radius 3 is 2.62 bits per heavy atom. The lowest BCUT2D eigenvalue weighted by Crippen LogP contribution is -2.39. The van der Waals surface area contributed by atoms with Crippen LogP contribution in [0.25, 0.3) is 0 Å². The van der Waals surface area contributed by atoms with Crippen molar-refractivity contribution in [1.82, 2.24) is 9.03 Å². The van der Waals surface area contributed by atoms with Gasteiger partial charge in [-0.2, -0.15) is 17.4 Å². The van der Waals surface area contributed by atoms with Crippen LogP contribution in [0.15, 0.2) is 18.2 Å². The van der Waals surface area contributed by atoms with Crippen molar-refractivity contribution in [3.05, 3.63) is 35.4 Å². The Labute approximate surface area is 121 Å². The number of nitrogens with one attached hydrogen (secondary N) is 1. The Bertz CT molecular complexity index is 607. The number of carbonyl (C=O) groups excluding carboxylic acids is 1. The van der Waals surface area contributed by atoms with Crippen LogP contribution in [0.5, 0.6) is 0 Å². The molecule has 0 radical (unpaired) electrons. The second-order valence-electron chi connectivity index (χ2n) is 4.21. The minimum Gasteiger partial charge on any atom is -0.469 e. The number of hydrogen-bond donors (Lipinski definition) is 1. The van der Waals surface area contributed by atoms with Crippen molar-refractivity contribution in [2.75, 3.05) is 20.7 Å². The number of carbonyl (C=O) groups is 1. The lowest BCUT2D eigenvalue weighted by Gasteiger charge is -2.17. The molecule has 9 heteroatoms. The van der Waals surface area contributed by atoms with Crippen molar-refractivity contribution in [2.24, 2.45) is 0 Å². The molecule has 0 aliphatic heterocycles. The van der Waals surface area contributed by atoms with Crippen LogP contribution in [0.3, 0.4) is 0 Å². The van der Waals surface area contributed by atoms with E-state index in [2.05, 4.69) is 9.46 Å². The van der Waals surface area contributed by atoms with Gasteiger partial charge in [0.2, 0.25) is 0 Å². The van der Waals surface area contributed by atoms with Gasteiger partial charge in [0.25, 0.3) is 10.2 Å². The Morgan fingerprint density at radius 1 is 1.38 bits per heavy atom. The molecule has 0 heterocycles. The summed E-state index contributed by atoms with van der Waals surface area (Å²) in [4.78, 5) is 10.9. The molecule has 1 aromatic rings. The van der Waals surface area contributed by atoms with E-state index in [1.807, 2.05) is 0 Å². The number of methoxy groups -OCH3 is 1. The molecular formula is C12H16F2N2O4S. The molecule has 1 aromatic carbocycles. The van der Waals surface area contributed by atoms with Crippen molar-refractivity contribution in [3.8, 4) is 0 Å². The molecule has 0 aliphatic rings. The molecule has 0 amide bonds. The number of ether oxygens (including phenoxy) is 1. The maximum Gasteiger partial charge on any atom is 0.306 e. The zero-order valence-electron chi connectivity index (χ0n) is 11.6. The molecule has 0 fully saturated rings. The minimum atomic E-state index is -3.87. The van der Waals surface area contributed by atoms with Crippen LogP contribution in [0.2, 0.25) is 0 Å². The molecular weight excluding hydrogens is 306 g/mol. The molecule has 1 N–H and O–H groups in total. The first kappa shape index (κ1) is 17.5. The molecule has 0 unspecified atom stereocenters. The normalized spacial score (nSPS) is 11.7. The molecule has 1 rings (SSSR count). The fourth-order valence-electron chi connectivity index (χ4n) is 1.42. The molecule has 0 aromatic heterocycles. The smallest absolute Gasteiger partial charge is 0.306 e. The van der Waals surface area contributed by atoms with Crippen LogP contribution in [0.4, 0.5) is 8.78 Å². The van der Waals surface area contributed by atoms with Crippen LogP contribution in [-0.2, 0) is 26.3 Å². The number of rotatable bonds is 7. The fraction of sp³-hybridized carbons (Fsp3) is 0.417. The van der Waals surface area contributed by atoms with Crippen molar-refractivity contribution < 1.29 is 26.7 Å². The summed E-state index contributed by atoms with van der Waals surface area (Å²) in [5, 5.41) is 0. The lowest BCUT2D eigenvalue weighted by atomic mass is 10.2. The standard InChI is InChI=1S/C12H16F2N2O4S/c1-16(6-5-12(17)20-2)21(18,19)15-8-9-3-4-10(13)7-11(9)14/h3-4,7,15H,5-6,8H2,1-2H3. The topological polar surface area (TPSA) is 75.7 Å². The van der Waals surface area contributed by atoms with Crippen molar-refractivity contribution in [1.29, 1.82) is 0 Å². The van der Waals surface area contributed by atoms with E-state index in [-0.39, 0.29) is 25.1 Å². The molecule has 0 spiro atoms. The first-order valence-corrected chi connectivity index (χ1v) is 7.42. The van der Waals surface area contributed by atoms with E-state index in [1.54, 1.807) is 0 Å². The van der Waals surface area contributed by atoms with Crippen LogP contribution in [0.1, 0.15) is 12.0 Å². The van der Waals surface area contributed by atoms with Gasteiger partial charge in [0.1, 0.15) is 11.6 Å². The Morgan fingerprint density at radius 2 is 2.05 bits per heavy atom. The van der Waals surface area contributed by atoms with Crippen LogP contribution < -0.4 is 4.72 Å². The van der Waals surface area contributed by atoms with Crippen LogP contribution in [-0.4, -0.2) is 39.4 Å². The maximum atomic E-state index is 13.4. The number of hydrogen-bond acceptors (Lipinski definition) is 4. The second-order valence-corrected chi connectivity index (χ2v) is 6.07. The number of benzene rings is 1. The third kappa shape index (κ3) is 5.37. The highest BCUT2D eigenvalue weighted by Crippen LogP contribution is 2.10. The molecule has 0 atom stereocenters. The maximum absolute atomic E-state index is 13.4. The SMILES string of the molecule is COC(=O)CCN(C)S(=O)(=O)NCc1ccc(F)cc1F. The monoisotopic (exact) mass is 322 g/mol. The number of halogens is 2. The van der Waals surface area contributed by atoms with Gasteiger partial charge in [-0.25, -0.2) is 8.78 Å². The molecule has 6 nitrogen and oxygen atoms in total. The van der Waals surface area contributed by atoms with E-state index >= 15 is 0 Å². The number of esters is 1. The van der Waals surface area contributed by atoms with Crippen LogP contribution in [0, 0.1) is 11.6 Å². The van der Waals surface area contributed by atoms with E-state index in [4.69, 9.17) is 0 Å². The predicted octanol–water partition coefficient (Wildman–Crippen LogP) is 0.794. The average molecular weight is 322 g/mol. The predicted molar refractivity (Wildman–Crippen MR) is 71.4 cm³/mol. The quantitative estimate of drug-likeness (QED) is 0.753. The first-order valence-electron chi connectivity index (χ1n) is 5.98. The third-order valence-electron chi connectivity index (χ3n) is 2.73.